The highest BCUT2D eigenvalue weighted by Crippen LogP contribution is 2.49. The molecule has 246 valence electrons. The van der Waals surface area contributed by atoms with Crippen molar-refractivity contribution in [3.8, 4) is 5.75 Å². The van der Waals surface area contributed by atoms with Gasteiger partial charge in [-0.2, -0.15) is 0 Å². The van der Waals surface area contributed by atoms with E-state index >= 15 is 4.39 Å². The minimum absolute atomic E-state index is 0.246. The molecule has 9 nitrogen and oxygen atoms in total. The van der Waals surface area contributed by atoms with Gasteiger partial charge in [-0.05, 0) is 85.8 Å². The summed E-state index contributed by atoms with van der Waals surface area (Å²) in [6, 6.07) is 16.0. The monoisotopic (exact) mass is 664 g/mol. The van der Waals surface area contributed by atoms with E-state index in [1.807, 2.05) is 24.3 Å². The van der Waals surface area contributed by atoms with Crippen molar-refractivity contribution in [2.75, 3.05) is 33.8 Å². The quantitative estimate of drug-likeness (QED) is 0.235. The molecule has 0 bridgehead atoms. The van der Waals surface area contributed by atoms with Gasteiger partial charge in [0, 0.05) is 43.1 Å². The molecular formula is C37H37FN4O5Si. The number of halogens is 1. The van der Waals surface area contributed by atoms with E-state index < -0.39 is 17.9 Å². The number of likely N-dealkylation sites (tertiary alicyclic amines) is 1. The van der Waals surface area contributed by atoms with Crippen molar-refractivity contribution in [1.29, 1.82) is 0 Å². The standard InChI is InChI=1S/C37H37FN4O5Si/c1-40(2)35(43)23-6-9-26(27(38)18-23)30-11-8-22-4-3-5-25(33(22)47-30)21-12-15-41(16-13-21)20-32-39-28-10-7-24(37(44)45)19-29(28)42(32)36-34(48-36)31-14-17-46-31/h3-11,18-19,21,30-31,34,36H,12-17,20H2,1-2H3,(H,44,45)/t30?,31-,34+,36+/m0/s1. The number of nitrogens with zero attached hydrogens (tertiary/aromatic N) is 4. The molecule has 4 aliphatic heterocycles. The predicted octanol–water partition coefficient (Wildman–Crippen LogP) is 5.90. The molecule has 5 heterocycles. The van der Waals surface area contributed by atoms with Crippen LogP contribution in [0.25, 0.3) is 17.1 Å². The number of ether oxygens (including phenoxy) is 2. The lowest BCUT2D eigenvalue weighted by Crippen LogP contribution is -2.33. The number of para-hydroxylation sites is 1. The third-order valence-electron chi connectivity index (χ3n) is 10.1. The third kappa shape index (κ3) is 5.63. The van der Waals surface area contributed by atoms with Crippen LogP contribution in [0.15, 0.2) is 60.7 Å². The van der Waals surface area contributed by atoms with Crippen LogP contribution in [0.3, 0.4) is 0 Å². The van der Waals surface area contributed by atoms with Gasteiger partial charge in [0.2, 0.25) is 0 Å². The number of hydrogen-bond donors (Lipinski definition) is 1. The molecule has 8 rings (SSSR count). The molecule has 48 heavy (non-hydrogen) atoms. The number of hydrogen-bond acceptors (Lipinski definition) is 6. The smallest absolute Gasteiger partial charge is 0.335 e. The highest BCUT2D eigenvalue weighted by Gasteiger charge is 2.49. The Morgan fingerprint density at radius 2 is 1.83 bits per heavy atom. The fourth-order valence-corrected chi connectivity index (χ4v) is 8.92. The van der Waals surface area contributed by atoms with E-state index in [4.69, 9.17) is 14.5 Å². The average Bonchev–Trinajstić information content (AvgIpc) is 3.73. The molecule has 4 aromatic rings. The molecule has 2 radical (unpaired) electrons. The summed E-state index contributed by atoms with van der Waals surface area (Å²) in [6.45, 7) is 3.29. The zero-order valence-electron chi connectivity index (χ0n) is 26.9. The fourth-order valence-electron chi connectivity index (χ4n) is 7.36. The van der Waals surface area contributed by atoms with Gasteiger partial charge in [-0.3, -0.25) is 9.69 Å². The summed E-state index contributed by atoms with van der Waals surface area (Å²) in [7, 11) is 4.04. The van der Waals surface area contributed by atoms with Crippen LogP contribution in [0.5, 0.6) is 5.75 Å². The highest BCUT2D eigenvalue weighted by atomic mass is 28.2. The van der Waals surface area contributed by atoms with Gasteiger partial charge in [-0.25, -0.2) is 14.2 Å². The topological polar surface area (TPSA) is 97.1 Å². The zero-order valence-corrected chi connectivity index (χ0v) is 27.9. The second-order valence-electron chi connectivity index (χ2n) is 13.4. The summed E-state index contributed by atoms with van der Waals surface area (Å²) in [5.74, 6) is 0.430. The Kier molecular flexibility index (Phi) is 7.93. The maximum absolute atomic E-state index is 15.3. The number of imidazole rings is 1. The number of piperidine rings is 1. The van der Waals surface area contributed by atoms with E-state index in [1.54, 1.807) is 38.4 Å². The fraction of sp³-hybridized carbons (Fsp3) is 0.378. The van der Waals surface area contributed by atoms with E-state index in [-0.39, 0.29) is 17.4 Å². The van der Waals surface area contributed by atoms with Gasteiger partial charge < -0.3 is 24.0 Å². The lowest BCUT2D eigenvalue weighted by Gasteiger charge is -2.34. The van der Waals surface area contributed by atoms with Gasteiger partial charge in [0.25, 0.3) is 5.91 Å². The van der Waals surface area contributed by atoms with Crippen molar-refractivity contribution >= 4 is 38.5 Å². The number of fused-ring (bicyclic) bond motifs is 2. The number of carboxylic acid groups (broad SMARTS) is 1. The first kappa shape index (κ1) is 31.0. The van der Waals surface area contributed by atoms with Crippen molar-refractivity contribution in [1.82, 2.24) is 19.4 Å². The molecule has 0 aliphatic carbocycles. The molecular weight excluding hydrogens is 628 g/mol. The Morgan fingerprint density at radius 3 is 2.54 bits per heavy atom. The number of carbonyl (C=O) groups is 2. The van der Waals surface area contributed by atoms with E-state index in [0.29, 0.717) is 35.0 Å². The van der Waals surface area contributed by atoms with Gasteiger partial charge in [-0.1, -0.05) is 30.3 Å². The number of amides is 1. The summed E-state index contributed by atoms with van der Waals surface area (Å²) in [4.78, 5) is 33.0. The largest absolute Gasteiger partial charge is 0.481 e. The number of benzene rings is 3. The summed E-state index contributed by atoms with van der Waals surface area (Å²) in [6.07, 6.45) is 6.55. The second kappa shape index (κ2) is 12.3. The second-order valence-corrected chi connectivity index (χ2v) is 15.0. The van der Waals surface area contributed by atoms with Crippen LogP contribution in [0.2, 0.25) is 5.54 Å². The normalized spacial score (nSPS) is 23.7. The maximum atomic E-state index is 15.3. The first-order valence-corrected chi connectivity index (χ1v) is 17.7. The predicted molar refractivity (Wildman–Crippen MR) is 180 cm³/mol. The average molecular weight is 665 g/mol. The Balaban J connectivity index is 0.986. The van der Waals surface area contributed by atoms with Crippen LogP contribution in [-0.2, 0) is 11.3 Å². The number of aromatic nitrogens is 2. The number of aromatic carboxylic acids is 1. The van der Waals surface area contributed by atoms with Gasteiger partial charge in [0.15, 0.2) is 0 Å². The molecule has 1 unspecified atom stereocenters. The molecule has 11 heteroatoms. The Hall–Kier alpha value is -4.32. The summed E-state index contributed by atoms with van der Waals surface area (Å²) >= 11 is 0. The van der Waals surface area contributed by atoms with E-state index in [2.05, 4.69) is 21.6 Å². The molecule has 1 amide bonds. The molecule has 4 aliphatic rings. The molecule has 4 atom stereocenters. The highest BCUT2D eigenvalue weighted by molar-refractivity contribution is 6.53. The molecule has 3 aromatic carbocycles. The molecule has 0 spiro atoms. The minimum Gasteiger partial charge on any atom is -0.481 e. The van der Waals surface area contributed by atoms with Crippen LogP contribution >= 0.6 is 0 Å². The molecule has 3 saturated heterocycles. The van der Waals surface area contributed by atoms with Crippen LogP contribution in [0.1, 0.15) is 80.2 Å². The van der Waals surface area contributed by atoms with Crippen molar-refractivity contribution < 1.29 is 28.6 Å². The molecule has 1 N–H and O–H groups in total. The Bertz CT molecular complexity index is 1950. The first-order valence-electron chi connectivity index (χ1n) is 16.6. The minimum atomic E-state index is -0.932. The van der Waals surface area contributed by atoms with Crippen LogP contribution in [-0.4, -0.2) is 85.7 Å². The van der Waals surface area contributed by atoms with E-state index in [0.717, 1.165) is 82.2 Å². The van der Waals surface area contributed by atoms with Crippen molar-refractivity contribution in [3.05, 3.63) is 100 Å². The van der Waals surface area contributed by atoms with Gasteiger partial charge in [0.1, 0.15) is 23.5 Å². The molecule has 1 aromatic heterocycles. The van der Waals surface area contributed by atoms with Gasteiger partial charge >= 0.3 is 5.97 Å². The number of carboxylic acids is 1. The zero-order chi connectivity index (χ0) is 33.1. The Morgan fingerprint density at radius 1 is 1.04 bits per heavy atom. The molecule has 0 saturated carbocycles. The van der Waals surface area contributed by atoms with E-state index in [1.165, 1.54) is 11.0 Å². The number of carbonyl (C=O) groups excluding carboxylic acids is 1. The van der Waals surface area contributed by atoms with Gasteiger partial charge in [0.05, 0.1) is 38.8 Å². The summed E-state index contributed by atoms with van der Waals surface area (Å²) in [5, 5.41) is 9.67. The van der Waals surface area contributed by atoms with Crippen molar-refractivity contribution in [3.63, 3.8) is 0 Å². The summed E-state index contributed by atoms with van der Waals surface area (Å²) in [5.41, 5.74) is 5.61. The van der Waals surface area contributed by atoms with Crippen LogP contribution < -0.4 is 4.74 Å². The maximum Gasteiger partial charge on any atom is 0.335 e. The number of rotatable bonds is 8. The Labute approximate surface area is 280 Å². The third-order valence-corrected chi connectivity index (χ3v) is 11.8. The van der Waals surface area contributed by atoms with Crippen molar-refractivity contribution in [2.24, 2.45) is 0 Å². The van der Waals surface area contributed by atoms with E-state index in [9.17, 15) is 14.7 Å². The summed E-state index contributed by atoms with van der Waals surface area (Å²) < 4.78 is 29.9. The first-order chi connectivity index (χ1) is 23.2. The van der Waals surface area contributed by atoms with Gasteiger partial charge in [-0.15, -0.1) is 0 Å². The lowest BCUT2D eigenvalue weighted by molar-refractivity contribution is -0.0494. The van der Waals surface area contributed by atoms with Crippen LogP contribution in [0, 0.1) is 5.82 Å². The SMILES string of the molecule is CN(C)C(=O)c1ccc(C2C=Cc3cccc(C4CCN(Cc5nc6ccc(C(=O)O)cc6n5[C@@H]5[Si][C@@H]5[C@@H]5CCO5)CC4)c3O2)c(F)c1. The van der Waals surface area contributed by atoms with Crippen LogP contribution in [0.4, 0.5) is 4.39 Å². The molecule has 3 fully saturated rings. The lowest BCUT2D eigenvalue weighted by atomic mass is 9.87. The van der Waals surface area contributed by atoms with Crippen molar-refractivity contribution in [2.45, 2.75) is 55.1 Å².